The van der Waals surface area contributed by atoms with Crippen LogP contribution in [-0.4, -0.2) is 15.0 Å². The highest BCUT2D eigenvalue weighted by Crippen LogP contribution is 2.58. The van der Waals surface area contributed by atoms with Gasteiger partial charge < -0.3 is 9.64 Å². The summed E-state index contributed by atoms with van der Waals surface area (Å²) >= 11 is 0. The van der Waals surface area contributed by atoms with Crippen LogP contribution in [0, 0.1) is 11.3 Å². The summed E-state index contributed by atoms with van der Waals surface area (Å²) in [6, 6.07) is 53.2. The second-order valence-corrected chi connectivity index (χ2v) is 11.9. The fourth-order valence-electron chi connectivity index (χ4n) is 6.88. The van der Waals surface area contributed by atoms with E-state index in [0.29, 0.717) is 23.0 Å². The summed E-state index contributed by atoms with van der Waals surface area (Å²) in [7, 11) is 0. The van der Waals surface area contributed by atoms with Crippen molar-refractivity contribution < 1.29 is 4.74 Å². The van der Waals surface area contributed by atoms with E-state index in [4.69, 9.17) is 19.7 Å². The largest absolute Gasteiger partial charge is 0.483 e. The smallest absolute Gasteiger partial charge is 0.164 e. The third-order valence-electron chi connectivity index (χ3n) is 9.09. The Hall–Kier alpha value is -6.58. The number of hydrogen-bond donors (Lipinski definition) is 0. The molecule has 0 saturated heterocycles. The summed E-state index contributed by atoms with van der Waals surface area (Å²) in [6.07, 6.45) is -0.156. The standard InChI is InChI=1S/C42H27N5O/c43-26-32-25-31(22-23-35(32)47-36-20-9-7-18-33(36)39-38(47)34-19-8-10-21-37(34)48-39)42-45-40(28-14-5-2-6-15-28)44-41(46-42)30-17-11-16-29(24-30)27-12-3-1-4-13-27/h1-25,38-39H. The van der Waals surface area contributed by atoms with E-state index in [9.17, 15) is 5.26 Å². The van der Waals surface area contributed by atoms with Crippen molar-refractivity contribution in [2.75, 3.05) is 4.90 Å². The molecule has 0 aliphatic carbocycles. The molecule has 6 aromatic carbocycles. The van der Waals surface area contributed by atoms with E-state index >= 15 is 0 Å². The molecule has 7 aromatic rings. The minimum Gasteiger partial charge on any atom is -0.483 e. The fourth-order valence-corrected chi connectivity index (χ4v) is 6.88. The summed E-state index contributed by atoms with van der Waals surface area (Å²) in [6.45, 7) is 0. The second-order valence-electron chi connectivity index (χ2n) is 11.9. The predicted molar refractivity (Wildman–Crippen MR) is 187 cm³/mol. The lowest BCUT2D eigenvalue weighted by atomic mass is 10.0. The van der Waals surface area contributed by atoms with Crippen molar-refractivity contribution in [2.45, 2.75) is 12.1 Å². The SMILES string of the molecule is N#Cc1cc(-c2nc(-c3ccccc3)nc(-c3cccc(-c4ccccc4)c3)n2)ccc1N1c2ccccc2C2Oc3ccccc3C21. The number of ether oxygens (including phenoxy) is 1. The first-order valence-electron chi connectivity index (χ1n) is 15.9. The lowest BCUT2D eigenvalue weighted by Crippen LogP contribution is -2.21. The molecule has 3 heterocycles. The molecule has 6 nitrogen and oxygen atoms in total. The van der Waals surface area contributed by atoms with Crippen molar-refractivity contribution in [1.82, 2.24) is 15.0 Å². The molecule has 0 bridgehead atoms. The number of hydrogen-bond acceptors (Lipinski definition) is 6. The first-order chi connectivity index (χ1) is 23.7. The van der Waals surface area contributed by atoms with Crippen molar-refractivity contribution in [3.8, 4) is 57.1 Å². The Morgan fingerprint density at radius 3 is 1.83 bits per heavy atom. The van der Waals surface area contributed by atoms with E-state index in [1.807, 2.05) is 109 Å². The zero-order chi connectivity index (χ0) is 32.0. The normalized spacial score (nSPS) is 15.6. The van der Waals surface area contributed by atoms with Crippen molar-refractivity contribution >= 4 is 11.4 Å². The minimum atomic E-state index is -0.156. The van der Waals surface area contributed by atoms with Crippen LogP contribution in [-0.2, 0) is 0 Å². The highest BCUT2D eigenvalue weighted by atomic mass is 16.5. The van der Waals surface area contributed by atoms with Crippen LogP contribution in [0.15, 0.2) is 152 Å². The molecule has 0 radical (unpaired) electrons. The van der Waals surface area contributed by atoms with Gasteiger partial charge in [0.1, 0.15) is 17.9 Å². The average molecular weight is 618 g/mol. The number of aromatic nitrogens is 3. The Morgan fingerprint density at radius 2 is 1.08 bits per heavy atom. The zero-order valence-corrected chi connectivity index (χ0v) is 25.7. The molecule has 0 amide bonds. The molecule has 2 unspecified atom stereocenters. The molecule has 9 rings (SSSR count). The predicted octanol–water partition coefficient (Wildman–Crippen LogP) is 9.74. The molecule has 0 N–H and O–H groups in total. The van der Waals surface area contributed by atoms with E-state index in [1.54, 1.807) is 0 Å². The maximum absolute atomic E-state index is 10.6. The number of nitriles is 1. The summed E-state index contributed by atoms with van der Waals surface area (Å²) < 4.78 is 6.47. The van der Waals surface area contributed by atoms with E-state index < -0.39 is 0 Å². The monoisotopic (exact) mass is 617 g/mol. The molecule has 2 atom stereocenters. The fraction of sp³-hybridized carbons (Fsp3) is 0.0476. The summed E-state index contributed by atoms with van der Waals surface area (Å²) in [4.78, 5) is 17.1. The molecule has 48 heavy (non-hydrogen) atoms. The Labute approximate surface area is 278 Å². The Kier molecular flexibility index (Phi) is 6.55. The maximum Gasteiger partial charge on any atom is 0.164 e. The quantitative estimate of drug-likeness (QED) is 0.191. The molecule has 0 saturated carbocycles. The Bertz CT molecular complexity index is 2370. The van der Waals surface area contributed by atoms with Crippen LogP contribution in [0.25, 0.3) is 45.3 Å². The van der Waals surface area contributed by atoms with Crippen molar-refractivity contribution in [3.63, 3.8) is 0 Å². The second kappa shape index (κ2) is 11.3. The Morgan fingerprint density at radius 1 is 0.500 bits per heavy atom. The van der Waals surface area contributed by atoms with Crippen LogP contribution in [0.1, 0.15) is 28.8 Å². The van der Waals surface area contributed by atoms with Gasteiger partial charge in [0.15, 0.2) is 23.6 Å². The van der Waals surface area contributed by atoms with Gasteiger partial charge in [-0.25, -0.2) is 15.0 Å². The molecule has 2 aliphatic heterocycles. The number of rotatable bonds is 5. The van der Waals surface area contributed by atoms with E-state index in [0.717, 1.165) is 56.1 Å². The van der Waals surface area contributed by atoms with Crippen molar-refractivity contribution in [2.24, 2.45) is 0 Å². The highest BCUT2D eigenvalue weighted by Gasteiger charge is 2.47. The lowest BCUT2D eigenvalue weighted by Gasteiger charge is -2.27. The van der Waals surface area contributed by atoms with Crippen LogP contribution in [0.2, 0.25) is 0 Å². The molecule has 1 aromatic heterocycles. The van der Waals surface area contributed by atoms with Gasteiger partial charge in [0.2, 0.25) is 0 Å². The molecular formula is C42H27N5O. The Balaban J connectivity index is 1.17. The van der Waals surface area contributed by atoms with Crippen LogP contribution in [0.3, 0.4) is 0 Å². The summed E-state index contributed by atoms with van der Waals surface area (Å²) in [5.74, 6) is 2.51. The molecule has 0 spiro atoms. The van der Waals surface area contributed by atoms with Crippen LogP contribution in [0.4, 0.5) is 11.4 Å². The van der Waals surface area contributed by atoms with Gasteiger partial charge in [-0.15, -0.1) is 0 Å². The van der Waals surface area contributed by atoms with Gasteiger partial charge in [-0.2, -0.15) is 5.26 Å². The number of para-hydroxylation sites is 2. The number of anilines is 2. The van der Waals surface area contributed by atoms with Gasteiger partial charge in [0, 0.05) is 33.5 Å². The van der Waals surface area contributed by atoms with Gasteiger partial charge in [-0.3, -0.25) is 0 Å². The van der Waals surface area contributed by atoms with Gasteiger partial charge in [-0.05, 0) is 47.5 Å². The van der Waals surface area contributed by atoms with E-state index in [-0.39, 0.29) is 12.1 Å². The third-order valence-corrected chi connectivity index (χ3v) is 9.09. The van der Waals surface area contributed by atoms with Gasteiger partial charge in [-0.1, -0.05) is 115 Å². The number of benzene rings is 6. The van der Waals surface area contributed by atoms with E-state index in [2.05, 4.69) is 53.4 Å². The van der Waals surface area contributed by atoms with Gasteiger partial charge in [0.05, 0.1) is 11.3 Å². The maximum atomic E-state index is 10.6. The molecular weight excluding hydrogens is 590 g/mol. The average Bonchev–Trinajstić information content (AvgIpc) is 3.70. The highest BCUT2D eigenvalue weighted by molar-refractivity contribution is 5.81. The van der Waals surface area contributed by atoms with Gasteiger partial charge >= 0.3 is 0 Å². The molecule has 0 fully saturated rings. The first-order valence-corrected chi connectivity index (χ1v) is 15.9. The molecule has 6 heteroatoms. The number of fused-ring (bicyclic) bond motifs is 5. The summed E-state index contributed by atoms with van der Waals surface area (Å²) in [5, 5.41) is 10.6. The van der Waals surface area contributed by atoms with Crippen molar-refractivity contribution in [3.05, 3.63) is 168 Å². The molecule has 2 aliphatic rings. The summed E-state index contributed by atoms with van der Waals surface area (Å²) in [5.41, 5.74) is 9.31. The number of nitrogens with zero attached hydrogens (tertiary/aromatic N) is 5. The zero-order valence-electron chi connectivity index (χ0n) is 25.7. The van der Waals surface area contributed by atoms with Crippen LogP contribution < -0.4 is 9.64 Å². The lowest BCUT2D eigenvalue weighted by molar-refractivity contribution is 0.223. The van der Waals surface area contributed by atoms with Crippen LogP contribution >= 0.6 is 0 Å². The topological polar surface area (TPSA) is 74.9 Å². The first kappa shape index (κ1) is 27.7. The minimum absolute atomic E-state index is 0.0816. The van der Waals surface area contributed by atoms with Gasteiger partial charge in [0.25, 0.3) is 0 Å². The van der Waals surface area contributed by atoms with E-state index in [1.165, 1.54) is 0 Å². The van der Waals surface area contributed by atoms with Crippen LogP contribution in [0.5, 0.6) is 5.75 Å². The molecule has 226 valence electrons. The third kappa shape index (κ3) is 4.60. The van der Waals surface area contributed by atoms with Crippen molar-refractivity contribution in [1.29, 1.82) is 5.26 Å².